The van der Waals surface area contributed by atoms with Gasteiger partial charge in [-0.15, -0.1) is 0 Å². The summed E-state index contributed by atoms with van der Waals surface area (Å²) < 4.78 is 0. The van der Waals surface area contributed by atoms with Crippen molar-refractivity contribution < 1.29 is 24.9 Å². The summed E-state index contributed by atoms with van der Waals surface area (Å²) in [4.78, 5) is 24.6. The van der Waals surface area contributed by atoms with E-state index in [-0.39, 0.29) is 17.9 Å². The maximum Gasteiger partial charge on any atom is 0.358 e. The summed E-state index contributed by atoms with van der Waals surface area (Å²) in [5.74, 6) is -2.11. The summed E-state index contributed by atoms with van der Waals surface area (Å²) in [6.07, 6.45) is -0.322. The molecule has 0 saturated heterocycles. The first-order valence-electron chi connectivity index (χ1n) is 6.94. The highest BCUT2D eigenvalue weighted by molar-refractivity contribution is 5.99. The smallest absolute Gasteiger partial charge is 0.358 e. The van der Waals surface area contributed by atoms with E-state index in [0.29, 0.717) is 5.56 Å². The van der Waals surface area contributed by atoms with E-state index in [1.165, 1.54) is 31.2 Å². The zero-order chi connectivity index (χ0) is 17.0. The molecule has 0 saturated carbocycles. The van der Waals surface area contributed by atoms with Crippen LogP contribution in [0.25, 0.3) is 0 Å². The zero-order valence-corrected chi connectivity index (χ0v) is 12.5. The van der Waals surface area contributed by atoms with Gasteiger partial charge in [-0.2, -0.15) is 0 Å². The Morgan fingerprint density at radius 1 is 1.04 bits per heavy atom. The molecule has 3 N–H and O–H groups in total. The van der Waals surface area contributed by atoms with Crippen LogP contribution in [-0.4, -0.2) is 32.9 Å². The standard InChI is InChI=1S/C17H17NO5/c1-12(19)18(14-5-3-2-4-6-14)17(23,16(21)22)11-13-7-9-15(20)10-8-13/h2-10,20,23H,11H2,1H3,(H,21,22). The number of carboxylic acid groups (broad SMARTS) is 1. The van der Waals surface area contributed by atoms with Gasteiger partial charge in [0.05, 0.1) is 0 Å². The van der Waals surface area contributed by atoms with Crippen LogP contribution in [0.15, 0.2) is 54.6 Å². The topological polar surface area (TPSA) is 98.1 Å². The third-order valence-corrected chi connectivity index (χ3v) is 3.43. The predicted molar refractivity (Wildman–Crippen MR) is 84.0 cm³/mol. The molecule has 23 heavy (non-hydrogen) atoms. The molecule has 1 amide bonds. The minimum Gasteiger partial charge on any atom is -0.508 e. The third-order valence-electron chi connectivity index (χ3n) is 3.43. The fraction of sp³-hybridized carbons (Fsp3) is 0.176. The van der Waals surface area contributed by atoms with Gasteiger partial charge in [-0.3, -0.25) is 9.69 Å². The molecular formula is C17H17NO5. The van der Waals surface area contributed by atoms with Gasteiger partial charge in [0.1, 0.15) is 5.75 Å². The maximum absolute atomic E-state index is 12.0. The molecule has 0 aliphatic rings. The molecule has 0 bridgehead atoms. The molecule has 120 valence electrons. The Hall–Kier alpha value is -2.86. The van der Waals surface area contributed by atoms with Crippen molar-refractivity contribution in [2.45, 2.75) is 19.1 Å². The average Bonchev–Trinajstić information content (AvgIpc) is 2.50. The molecule has 1 atom stereocenters. The maximum atomic E-state index is 12.0. The molecular weight excluding hydrogens is 298 g/mol. The number of benzene rings is 2. The number of para-hydroxylation sites is 1. The number of rotatable bonds is 5. The molecule has 0 aliphatic heterocycles. The van der Waals surface area contributed by atoms with Crippen molar-refractivity contribution in [2.24, 2.45) is 0 Å². The SMILES string of the molecule is CC(=O)N(c1ccccc1)C(O)(Cc1ccc(O)cc1)C(=O)O. The van der Waals surface area contributed by atoms with Gasteiger partial charge in [0.25, 0.3) is 0 Å². The van der Waals surface area contributed by atoms with Crippen LogP contribution in [0.5, 0.6) is 5.75 Å². The van der Waals surface area contributed by atoms with E-state index in [9.17, 15) is 24.9 Å². The van der Waals surface area contributed by atoms with E-state index in [1.54, 1.807) is 30.3 Å². The normalized spacial score (nSPS) is 13.1. The lowest BCUT2D eigenvalue weighted by Gasteiger charge is -2.35. The number of carbonyl (C=O) groups is 2. The van der Waals surface area contributed by atoms with Gasteiger partial charge in [0.15, 0.2) is 0 Å². The summed E-state index contributed by atoms with van der Waals surface area (Å²) in [5, 5.41) is 29.6. The number of hydrogen-bond donors (Lipinski definition) is 3. The van der Waals surface area contributed by atoms with Crippen molar-refractivity contribution in [1.82, 2.24) is 0 Å². The molecule has 6 heteroatoms. The molecule has 0 fully saturated rings. The minimum atomic E-state index is -2.44. The summed E-state index contributed by atoms with van der Waals surface area (Å²) >= 11 is 0. The number of hydrogen-bond acceptors (Lipinski definition) is 4. The molecule has 0 aliphatic carbocycles. The highest BCUT2D eigenvalue weighted by Crippen LogP contribution is 2.27. The summed E-state index contributed by atoms with van der Waals surface area (Å²) in [6.45, 7) is 1.19. The summed E-state index contributed by atoms with van der Waals surface area (Å²) in [5.41, 5.74) is -1.69. The number of anilines is 1. The van der Waals surface area contributed by atoms with Crippen LogP contribution in [0.2, 0.25) is 0 Å². The first kappa shape index (κ1) is 16.5. The molecule has 1 unspecified atom stereocenters. The van der Waals surface area contributed by atoms with Gasteiger partial charge in [-0.05, 0) is 29.8 Å². The Morgan fingerprint density at radius 2 is 1.61 bits per heavy atom. The fourth-order valence-corrected chi connectivity index (χ4v) is 2.38. The highest BCUT2D eigenvalue weighted by Gasteiger charge is 2.45. The number of aromatic hydroxyl groups is 1. The van der Waals surface area contributed by atoms with Crippen LogP contribution >= 0.6 is 0 Å². The third kappa shape index (κ3) is 3.49. The number of carbonyl (C=O) groups excluding carboxylic acids is 1. The fourth-order valence-electron chi connectivity index (χ4n) is 2.38. The van der Waals surface area contributed by atoms with Gasteiger partial charge in [-0.1, -0.05) is 30.3 Å². The lowest BCUT2D eigenvalue weighted by Crippen LogP contribution is -2.58. The molecule has 6 nitrogen and oxygen atoms in total. The van der Waals surface area contributed by atoms with Crippen molar-refractivity contribution in [3.8, 4) is 5.75 Å². The lowest BCUT2D eigenvalue weighted by atomic mass is 9.99. The van der Waals surface area contributed by atoms with Crippen molar-refractivity contribution in [3.05, 3.63) is 60.2 Å². The lowest BCUT2D eigenvalue weighted by molar-refractivity contribution is -0.160. The van der Waals surface area contributed by atoms with E-state index in [4.69, 9.17) is 0 Å². The van der Waals surface area contributed by atoms with Crippen LogP contribution < -0.4 is 4.90 Å². The van der Waals surface area contributed by atoms with Crippen molar-refractivity contribution in [2.75, 3.05) is 4.90 Å². The number of nitrogens with zero attached hydrogens (tertiary/aromatic N) is 1. The van der Waals surface area contributed by atoms with E-state index < -0.39 is 17.6 Å². The van der Waals surface area contributed by atoms with Crippen LogP contribution in [0.3, 0.4) is 0 Å². The summed E-state index contributed by atoms with van der Waals surface area (Å²) in [7, 11) is 0. The van der Waals surface area contributed by atoms with Crippen LogP contribution in [-0.2, 0) is 16.0 Å². The molecule has 0 radical (unpaired) electrons. The van der Waals surface area contributed by atoms with Crippen LogP contribution in [0, 0.1) is 0 Å². The summed E-state index contributed by atoms with van der Waals surface area (Å²) in [6, 6.07) is 13.9. The Kier molecular flexibility index (Phi) is 4.66. The number of phenolic OH excluding ortho intramolecular Hbond substituents is 1. The second-order valence-electron chi connectivity index (χ2n) is 5.15. The molecule has 0 spiro atoms. The first-order valence-corrected chi connectivity index (χ1v) is 6.94. The first-order chi connectivity index (χ1) is 10.8. The van der Waals surface area contributed by atoms with E-state index in [0.717, 1.165) is 4.90 Å². The minimum absolute atomic E-state index is 0.0269. The number of aliphatic hydroxyl groups is 1. The largest absolute Gasteiger partial charge is 0.508 e. The molecule has 0 aromatic heterocycles. The highest BCUT2D eigenvalue weighted by atomic mass is 16.4. The molecule has 2 aromatic carbocycles. The quantitative estimate of drug-likeness (QED) is 0.730. The van der Waals surface area contributed by atoms with Crippen molar-refractivity contribution in [1.29, 1.82) is 0 Å². The Bertz CT molecular complexity index is 699. The monoisotopic (exact) mass is 315 g/mol. The Labute approximate surface area is 133 Å². The van der Waals surface area contributed by atoms with Crippen molar-refractivity contribution >= 4 is 17.6 Å². The Morgan fingerprint density at radius 3 is 2.09 bits per heavy atom. The van der Waals surface area contributed by atoms with E-state index in [1.807, 2.05) is 0 Å². The van der Waals surface area contributed by atoms with E-state index in [2.05, 4.69) is 0 Å². The van der Waals surface area contributed by atoms with E-state index >= 15 is 0 Å². The number of aliphatic carboxylic acids is 1. The molecule has 2 rings (SSSR count). The molecule has 2 aromatic rings. The predicted octanol–water partition coefficient (Wildman–Crippen LogP) is 1.76. The molecule has 0 heterocycles. The van der Waals surface area contributed by atoms with Crippen molar-refractivity contribution in [3.63, 3.8) is 0 Å². The zero-order valence-electron chi connectivity index (χ0n) is 12.5. The van der Waals surface area contributed by atoms with Gasteiger partial charge in [0, 0.05) is 19.0 Å². The number of amides is 1. The second-order valence-corrected chi connectivity index (χ2v) is 5.15. The van der Waals surface area contributed by atoms with Gasteiger partial charge in [0.2, 0.25) is 11.6 Å². The Balaban J connectivity index is 2.46. The van der Waals surface area contributed by atoms with Crippen LogP contribution in [0.1, 0.15) is 12.5 Å². The van der Waals surface area contributed by atoms with Gasteiger partial charge in [-0.25, -0.2) is 4.79 Å². The number of carboxylic acids is 1. The van der Waals surface area contributed by atoms with Crippen LogP contribution in [0.4, 0.5) is 5.69 Å². The van der Waals surface area contributed by atoms with Gasteiger partial charge < -0.3 is 15.3 Å². The number of phenols is 1. The average molecular weight is 315 g/mol. The second kappa shape index (κ2) is 6.50. The van der Waals surface area contributed by atoms with Gasteiger partial charge >= 0.3 is 5.97 Å².